The number of morpholine rings is 1. The molecule has 2 aromatic rings. The van der Waals surface area contributed by atoms with E-state index in [1.807, 2.05) is 4.90 Å². The molecule has 0 unspecified atom stereocenters. The van der Waals surface area contributed by atoms with E-state index in [1.165, 1.54) is 12.4 Å². The topological polar surface area (TPSA) is 69.0 Å². The molecule has 1 aliphatic heterocycles. The van der Waals surface area contributed by atoms with Gasteiger partial charge < -0.3 is 9.64 Å². The van der Waals surface area contributed by atoms with Crippen LogP contribution in [0.25, 0.3) is 11.4 Å². The van der Waals surface area contributed by atoms with Crippen LogP contribution in [0.1, 0.15) is 18.7 Å². The molecule has 0 bridgehead atoms. The molecule has 0 spiro atoms. The van der Waals surface area contributed by atoms with Gasteiger partial charge in [0, 0.05) is 31.9 Å². The smallest absolute Gasteiger partial charge is 0.378 e. The van der Waals surface area contributed by atoms with E-state index in [0.29, 0.717) is 56.0 Å². The van der Waals surface area contributed by atoms with Gasteiger partial charge in [-0.3, -0.25) is 0 Å². The summed E-state index contributed by atoms with van der Waals surface area (Å²) in [7, 11) is 0. The first-order valence-electron chi connectivity index (χ1n) is 8.63. The number of hydrogen-bond acceptors (Lipinski definition) is 6. The summed E-state index contributed by atoms with van der Waals surface area (Å²) in [4.78, 5) is 14.9. The lowest BCUT2D eigenvalue weighted by Crippen LogP contribution is -2.37. The maximum atomic E-state index is 12.9. The molecular formula is C16H19F3N6O. The first kappa shape index (κ1) is 17.2. The van der Waals surface area contributed by atoms with Crippen LogP contribution in [-0.4, -0.2) is 57.2 Å². The molecule has 0 aromatic carbocycles. The summed E-state index contributed by atoms with van der Waals surface area (Å²) < 4.78 is 44.9. The Morgan fingerprint density at radius 2 is 1.81 bits per heavy atom. The number of hydrogen-bond donors (Lipinski definition) is 0. The molecule has 10 heteroatoms. The fourth-order valence-electron chi connectivity index (χ4n) is 2.91. The van der Waals surface area contributed by atoms with Crippen molar-refractivity contribution in [2.45, 2.75) is 32.0 Å². The van der Waals surface area contributed by atoms with Gasteiger partial charge in [0.15, 0.2) is 11.6 Å². The third-order valence-corrected chi connectivity index (χ3v) is 4.40. The highest BCUT2D eigenvalue weighted by Crippen LogP contribution is 2.32. The van der Waals surface area contributed by atoms with Crippen molar-refractivity contribution in [2.24, 2.45) is 5.92 Å². The summed E-state index contributed by atoms with van der Waals surface area (Å²) >= 11 is 0. The van der Waals surface area contributed by atoms with Crippen LogP contribution in [0, 0.1) is 5.92 Å². The average molecular weight is 368 g/mol. The minimum Gasteiger partial charge on any atom is -0.378 e. The van der Waals surface area contributed by atoms with Crippen molar-refractivity contribution < 1.29 is 17.9 Å². The van der Waals surface area contributed by atoms with E-state index in [0.717, 1.165) is 17.5 Å². The van der Waals surface area contributed by atoms with Crippen molar-refractivity contribution in [3.05, 3.63) is 18.2 Å². The maximum absolute atomic E-state index is 12.9. The Labute approximate surface area is 148 Å². The lowest BCUT2D eigenvalue weighted by atomic mass is 10.3. The standard InChI is InChI=1S/C16H19F3N6O/c17-16(18,19)10-25-14(22-13(23-25)7-11-1-2-11)12-8-20-15(21-9-12)24-3-5-26-6-4-24/h8-9,11H,1-7,10H2. The maximum Gasteiger partial charge on any atom is 0.408 e. The number of rotatable bonds is 5. The molecule has 140 valence electrons. The highest BCUT2D eigenvalue weighted by Gasteiger charge is 2.32. The van der Waals surface area contributed by atoms with Crippen LogP contribution in [0.2, 0.25) is 0 Å². The summed E-state index contributed by atoms with van der Waals surface area (Å²) in [6.45, 7) is 1.42. The normalized spacial score (nSPS) is 18.3. The molecule has 1 saturated carbocycles. The highest BCUT2D eigenvalue weighted by molar-refractivity contribution is 5.53. The number of aromatic nitrogens is 5. The third kappa shape index (κ3) is 4.12. The number of alkyl halides is 3. The zero-order valence-corrected chi connectivity index (χ0v) is 14.1. The van der Waals surface area contributed by atoms with E-state index in [-0.39, 0.29) is 5.82 Å². The van der Waals surface area contributed by atoms with Crippen LogP contribution < -0.4 is 4.90 Å². The van der Waals surface area contributed by atoms with Crippen LogP contribution >= 0.6 is 0 Å². The molecule has 0 N–H and O–H groups in total. The average Bonchev–Trinajstić information content (AvgIpc) is 3.34. The molecule has 0 amide bonds. The van der Waals surface area contributed by atoms with Crippen LogP contribution in [0.3, 0.4) is 0 Å². The second-order valence-corrected chi connectivity index (χ2v) is 6.64. The Bertz CT molecular complexity index is 750. The second-order valence-electron chi connectivity index (χ2n) is 6.64. The summed E-state index contributed by atoms with van der Waals surface area (Å²) in [6.07, 6.45) is 1.44. The zero-order valence-electron chi connectivity index (χ0n) is 14.1. The van der Waals surface area contributed by atoms with Crippen molar-refractivity contribution in [1.82, 2.24) is 24.7 Å². The number of anilines is 1. The van der Waals surface area contributed by atoms with Crippen molar-refractivity contribution in [1.29, 1.82) is 0 Å². The molecule has 3 heterocycles. The predicted octanol–water partition coefficient (Wildman–Crippen LogP) is 2.09. The van der Waals surface area contributed by atoms with Gasteiger partial charge in [-0.05, 0) is 18.8 Å². The summed E-state index contributed by atoms with van der Waals surface area (Å²) in [6, 6.07) is 0. The molecule has 0 atom stereocenters. The molecule has 2 fully saturated rings. The van der Waals surface area contributed by atoms with Gasteiger partial charge in [0.05, 0.1) is 18.8 Å². The van der Waals surface area contributed by atoms with Crippen LogP contribution in [0.4, 0.5) is 19.1 Å². The van der Waals surface area contributed by atoms with E-state index in [2.05, 4.69) is 20.1 Å². The van der Waals surface area contributed by atoms with Gasteiger partial charge >= 0.3 is 6.18 Å². The third-order valence-electron chi connectivity index (χ3n) is 4.40. The first-order chi connectivity index (χ1) is 12.5. The Balaban J connectivity index is 1.59. The van der Waals surface area contributed by atoms with Crippen LogP contribution in [0.15, 0.2) is 12.4 Å². The Kier molecular flexibility index (Phi) is 4.51. The molecular weight excluding hydrogens is 349 g/mol. The van der Waals surface area contributed by atoms with Crippen molar-refractivity contribution >= 4 is 5.95 Å². The number of halogens is 3. The monoisotopic (exact) mass is 368 g/mol. The van der Waals surface area contributed by atoms with Crippen molar-refractivity contribution in [2.75, 3.05) is 31.2 Å². The summed E-state index contributed by atoms with van der Waals surface area (Å²) in [5.74, 6) is 1.64. The highest BCUT2D eigenvalue weighted by atomic mass is 19.4. The van der Waals surface area contributed by atoms with E-state index in [1.54, 1.807) is 0 Å². The van der Waals surface area contributed by atoms with Gasteiger partial charge in [-0.1, -0.05) is 0 Å². The second kappa shape index (κ2) is 6.82. The molecule has 2 aromatic heterocycles. The molecule has 1 saturated heterocycles. The molecule has 7 nitrogen and oxygen atoms in total. The predicted molar refractivity (Wildman–Crippen MR) is 86.6 cm³/mol. The summed E-state index contributed by atoms with van der Waals surface area (Å²) in [5.41, 5.74) is 0.431. The SMILES string of the molecule is FC(F)(F)Cn1nc(CC2CC2)nc1-c1cnc(N2CCOCC2)nc1. The van der Waals surface area contributed by atoms with Crippen molar-refractivity contribution in [3.8, 4) is 11.4 Å². The Hall–Kier alpha value is -2.23. The molecule has 4 rings (SSSR count). The van der Waals surface area contributed by atoms with Crippen LogP contribution in [0.5, 0.6) is 0 Å². The van der Waals surface area contributed by atoms with Crippen molar-refractivity contribution in [3.63, 3.8) is 0 Å². The van der Waals surface area contributed by atoms with E-state index < -0.39 is 12.7 Å². The number of ether oxygens (including phenoxy) is 1. The Morgan fingerprint density at radius 3 is 2.42 bits per heavy atom. The fourth-order valence-corrected chi connectivity index (χ4v) is 2.91. The minimum absolute atomic E-state index is 0.159. The largest absolute Gasteiger partial charge is 0.408 e. The van der Waals surface area contributed by atoms with Gasteiger partial charge in [-0.25, -0.2) is 19.6 Å². The lowest BCUT2D eigenvalue weighted by Gasteiger charge is -2.26. The molecule has 0 radical (unpaired) electrons. The van der Waals surface area contributed by atoms with Gasteiger partial charge in [-0.15, -0.1) is 0 Å². The molecule has 2 aliphatic rings. The fraction of sp³-hybridized carbons (Fsp3) is 0.625. The first-order valence-corrected chi connectivity index (χ1v) is 8.63. The Morgan fingerprint density at radius 1 is 1.12 bits per heavy atom. The molecule has 26 heavy (non-hydrogen) atoms. The zero-order chi connectivity index (χ0) is 18.1. The van der Waals surface area contributed by atoms with E-state index >= 15 is 0 Å². The minimum atomic E-state index is -4.37. The van der Waals surface area contributed by atoms with E-state index in [4.69, 9.17) is 4.74 Å². The van der Waals surface area contributed by atoms with Gasteiger partial charge in [0.1, 0.15) is 6.54 Å². The number of nitrogens with zero attached hydrogens (tertiary/aromatic N) is 6. The van der Waals surface area contributed by atoms with Gasteiger partial charge in [0.2, 0.25) is 5.95 Å². The van der Waals surface area contributed by atoms with Gasteiger partial charge in [0.25, 0.3) is 0 Å². The van der Waals surface area contributed by atoms with Crippen LogP contribution in [-0.2, 0) is 17.7 Å². The summed E-state index contributed by atoms with van der Waals surface area (Å²) in [5, 5.41) is 4.07. The van der Waals surface area contributed by atoms with Gasteiger partial charge in [-0.2, -0.15) is 18.3 Å². The quantitative estimate of drug-likeness (QED) is 0.805. The lowest BCUT2D eigenvalue weighted by molar-refractivity contribution is -0.142. The van der Waals surface area contributed by atoms with E-state index in [9.17, 15) is 13.2 Å². The molecule has 1 aliphatic carbocycles.